The predicted octanol–water partition coefficient (Wildman–Crippen LogP) is 1.94. The number of likely N-dealkylation sites (N-methyl/N-ethyl adjacent to an activating group) is 1. The highest BCUT2D eigenvalue weighted by atomic mass is 35.5. The van der Waals surface area contributed by atoms with E-state index in [0.29, 0.717) is 41.7 Å². The summed E-state index contributed by atoms with van der Waals surface area (Å²) in [5, 5.41) is 3.32. The summed E-state index contributed by atoms with van der Waals surface area (Å²) in [6.07, 6.45) is 0. The first-order valence-electron chi connectivity index (χ1n) is 6.79. The summed E-state index contributed by atoms with van der Waals surface area (Å²) in [6.45, 7) is 5.63. The van der Waals surface area contributed by atoms with E-state index in [0.717, 1.165) is 0 Å². The van der Waals surface area contributed by atoms with E-state index in [1.54, 1.807) is 19.2 Å². The van der Waals surface area contributed by atoms with Gasteiger partial charge in [0.1, 0.15) is 11.5 Å². The zero-order valence-corrected chi connectivity index (χ0v) is 13.1. The molecule has 1 aliphatic rings. The van der Waals surface area contributed by atoms with E-state index in [9.17, 15) is 4.79 Å². The fourth-order valence-electron chi connectivity index (χ4n) is 2.45. The van der Waals surface area contributed by atoms with Crippen LogP contribution in [0.3, 0.4) is 0 Å². The minimum absolute atomic E-state index is 0.0982. The third-order valence-electron chi connectivity index (χ3n) is 3.95. The molecule has 1 amide bonds. The maximum Gasteiger partial charge on any atom is 0.274 e. The van der Waals surface area contributed by atoms with Crippen LogP contribution < -0.4 is 5.32 Å². The molecule has 0 spiro atoms. The standard InChI is InChI=1S/C14H21ClN4O/c1-9-7-19(8-10(2)18(9)4)14(20)13-11(15)5-6-12(16-3)17-13/h5-6,9-10H,7-8H2,1-4H3,(H,16,17). The Morgan fingerprint density at radius 1 is 1.35 bits per heavy atom. The molecule has 110 valence electrons. The van der Waals surface area contributed by atoms with Crippen LogP contribution in [0.4, 0.5) is 5.82 Å². The van der Waals surface area contributed by atoms with Gasteiger partial charge in [-0.05, 0) is 33.0 Å². The molecule has 2 rings (SSSR count). The number of carbonyl (C=O) groups excluding carboxylic acids is 1. The van der Waals surface area contributed by atoms with Gasteiger partial charge in [-0.15, -0.1) is 0 Å². The summed E-state index contributed by atoms with van der Waals surface area (Å²) >= 11 is 6.12. The van der Waals surface area contributed by atoms with Crippen LogP contribution in [0.5, 0.6) is 0 Å². The number of hydrogen-bond donors (Lipinski definition) is 1. The van der Waals surface area contributed by atoms with Crippen LogP contribution in [0.1, 0.15) is 24.3 Å². The summed E-state index contributed by atoms with van der Waals surface area (Å²) in [4.78, 5) is 21.0. The SMILES string of the molecule is CNc1ccc(Cl)c(C(=O)N2CC(C)N(C)C(C)C2)n1. The van der Waals surface area contributed by atoms with Gasteiger partial charge in [0.2, 0.25) is 0 Å². The molecular formula is C14H21ClN4O. The minimum atomic E-state index is -0.0982. The molecule has 0 saturated carbocycles. The smallest absolute Gasteiger partial charge is 0.274 e. The summed E-state index contributed by atoms with van der Waals surface area (Å²) in [5.41, 5.74) is 0.322. The number of carbonyl (C=O) groups is 1. The summed E-state index contributed by atoms with van der Waals surface area (Å²) in [5.74, 6) is 0.548. The largest absolute Gasteiger partial charge is 0.373 e. The topological polar surface area (TPSA) is 48.5 Å². The maximum atomic E-state index is 12.6. The van der Waals surface area contributed by atoms with Crippen molar-refractivity contribution in [3.8, 4) is 0 Å². The molecular weight excluding hydrogens is 276 g/mol. The van der Waals surface area contributed by atoms with Gasteiger partial charge in [0, 0.05) is 32.2 Å². The maximum absolute atomic E-state index is 12.6. The molecule has 20 heavy (non-hydrogen) atoms. The molecule has 1 saturated heterocycles. The number of aromatic nitrogens is 1. The van der Waals surface area contributed by atoms with Crippen molar-refractivity contribution in [2.24, 2.45) is 0 Å². The monoisotopic (exact) mass is 296 g/mol. The van der Waals surface area contributed by atoms with Gasteiger partial charge in [-0.1, -0.05) is 11.6 Å². The van der Waals surface area contributed by atoms with Crippen molar-refractivity contribution in [2.45, 2.75) is 25.9 Å². The van der Waals surface area contributed by atoms with E-state index in [-0.39, 0.29) is 5.91 Å². The lowest BCUT2D eigenvalue weighted by molar-refractivity contribution is 0.0410. The number of anilines is 1. The van der Waals surface area contributed by atoms with E-state index < -0.39 is 0 Å². The molecule has 5 nitrogen and oxygen atoms in total. The van der Waals surface area contributed by atoms with Gasteiger partial charge in [-0.2, -0.15) is 0 Å². The zero-order chi connectivity index (χ0) is 14.9. The Morgan fingerprint density at radius 2 is 1.95 bits per heavy atom. The van der Waals surface area contributed by atoms with Crippen LogP contribution in [0.2, 0.25) is 5.02 Å². The van der Waals surface area contributed by atoms with Crippen molar-refractivity contribution in [3.05, 3.63) is 22.8 Å². The number of hydrogen-bond acceptors (Lipinski definition) is 4. The number of pyridine rings is 1. The second kappa shape index (κ2) is 5.97. The molecule has 0 aromatic carbocycles. The van der Waals surface area contributed by atoms with Crippen LogP contribution in [0.25, 0.3) is 0 Å². The van der Waals surface area contributed by atoms with Gasteiger partial charge in [0.25, 0.3) is 5.91 Å². The van der Waals surface area contributed by atoms with Gasteiger partial charge in [0.05, 0.1) is 5.02 Å². The van der Waals surface area contributed by atoms with E-state index in [2.05, 4.69) is 36.1 Å². The third kappa shape index (κ3) is 2.88. The van der Waals surface area contributed by atoms with E-state index in [1.165, 1.54) is 0 Å². The lowest BCUT2D eigenvalue weighted by Crippen LogP contribution is -2.56. The van der Waals surface area contributed by atoms with Gasteiger partial charge in [-0.25, -0.2) is 4.98 Å². The molecule has 2 unspecified atom stereocenters. The van der Waals surface area contributed by atoms with Gasteiger partial charge in [0.15, 0.2) is 0 Å². The number of rotatable bonds is 2. The van der Waals surface area contributed by atoms with E-state index in [1.807, 2.05) is 4.90 Å². The lowest BCUT2D eigenvalue weighted by atomic mass is 10.1. The third-order valence-corrected chi connectivity index (χ3v) is 4.26. The van der Waals surface area contributed by atoms with Crippen LogP contribution in [-0.2, 0) is 0 Å². The average molecular weight is 297 g/mol. The number of nitrogens with one attached hydrogen (secondary N) is 1. The van der Waals surface area contributed by atoms with Crippen molar-refractivity contribution in [3.63, 3.8) is 0 Å². The Hall–Kier alpha value is -1.33. The predicted molar refractivity (Wildman–Crippen MR) is 81.4 cm³/mol. The van der Waals surface area contributed by atoms with Gasteiger partial charge < -0.3 is 10.2 Å². The molecule has 2 atom stereocenters. The first kappa shape index (κ1) is 15.1. The van der Waals surface area contributed by atoms with E-state index >= 15 is 0 Å². The lowest BCUT2D eigenvalue weighted by Gasteiger charge is -2.42. The Morgan fingerprint density at radius 3 is 2.50 bits per heavy atom. The van der Waals surface area contributed by atoms with Crippen molar-refractivity contribution in [1.82, 2.24) is 14.8 Å². The van der Waals surface area contributed by atoms with E-state index in [4.69, 9.17) is 11.6 Å². The highest BCUT2D eigenvalue weighted by Gasteiger charge is 2.31. The fraction of sp³-hybridized carbons (Fsp3) is 0.571. The minimum Gasteiger partial charge on any atom is -0.373 e. The van der Waals surface area contributed by atoms with Crippen LogP contribution in [-0.4, -0.2) is 60.0 Å². The second-order valence-corrected chi connectivity index (χ2v) is 5.76. The molecule has 0 radical (unpaired) electrons. The zero-order valence-electron chi connectivity index (χ0n) is 12.4. The molecule has 0 bridgehead atoms. The Labute approximate surface area is 124 Å². The highest BCUT2D eigenvalue weighted by Crippen LogP contribution is 2.21. The van der Waals surface area contributed by atoms with Gasteiger partial charge in [-0.3, -0.25) is 9.69 Å². The first-order valence-corrected chi connectivity index (χ1v) is 7.17. The molecule has 1 fully saturated rings. The summed E-state index contributed by atoms with van der Waals surface area (Å²) in [6, 6.07) is 4.12. The van der Waals surface area contributed by atoms with Crippen LogP contribution >= 0.6 is 11.6 Å². The average Bonchev–Trinajstić information content (AvgIpc) is 2.44. The molecule has 1 aliphatic heterocycles. The number of nitrogens with zero attached hydrogens (tertiary/aromatic N) is 3. The Bertz CT molecular complexity index is 496. The Kier molecular flexibility index (Phi) is 4.50. The molecule has 2 heterocycles. The Balaban J connectivity index is 2.23. The van der Waals surface area contributed by atoms with Crippen molar-refractivity contribution < 1.29 is 4.79 Å². The van der Waals surface area contributed by atoms with Crippen LogP contribution in [0.15, 0.2) is 12.1 Å². The number of amides is 1. The molecule has 1 N–H and O–H groups in total. The van der Waals surface area contributed by atoms with Crippen LogP contribution in [0, 0.1) is 0 Å². The second-order valence-electron chi connectivity index (χ2n) is 5.35. The van der Waals surface area contributed by atoms with Crippen molar-refractivity contribution >= 4 is 23.3 Å². The molecule has 1 aromatic heterocycles. The van der Waals surface area contributed by atoms with Gasteiger partial charge >= 0.3 is 0 Å². The molecule has 6 heteroatoms. The molecule has 1 aromatic rings. The highest BCUT2D eigenvalue weighted by molar-refractivity contribution is 6.33. The number of piperazine rings is 1. The summed E-state index contributed by atoms with van der Waals surface area (Å²) < 4.78 is 0. The van der Waals surface area contributed by atoms with Crippen molar-refractivity contribution in [1.29, 1.82) is 0 Å². The molecule has 0 aliphatic carbocycles. The fourth-order valence-corrected chi connectivity index (χ4v) is 2.64. The normalized spacial score (nSPS) is 23.8. The summed E-state index contributed by atoms with van der Waals surface area (Å²) in [7, 11) is 3.86. The van der Waals surface area contributed by atoms with Crippen molar-refractivity contribution in [2.75, 3.05) is 32.5 Å². The first-order chi connectivity index (χ1) is 9.43. The quantitative estimate of drug-likeness (QED) is 0.906. The number of halogens is 1.